The highest BCUT2D eigenvalue weighted by molar-refractivity contribution is 7.90. The molecule has 1 aliphatic heterocycles. The lowest BCUT2D eigenvalue weighted by molar-refractivity contribution is 0.0820. The van der Waals surface area contributed by atoms with Gasteiger partial charge in [-0.2, -0.15) is 0 Å². The predicted octanol–water partition coefficient (Wildman–Crippen LogP) is 2.51. The van der Waals surface area contributed by atoms with E-state index in [1.807, 2.05) is 42.8 Å². The Hall–Kier alpha value is -2.93. The van der Waals surface area contributed by atoms with E-state index in [9.17, 15) is 18.0 Å². The summed E-state index contributed by atoms with van der Waals surface area (Å²) in [5.74, 6) is -1.06. The Morgan fingerprint density at radius 2 is 1.69 bits per heavy atom. The maximum absolute atomic E-state index is 13.0. The van der Waals surface area contributed by atoms with Crippen LogP contribution in [0.15, 0.2) is 53.4 Å². The number of nitrogens with zero attached hydrogens (tertiary/aromatic N) is 2. The summed E-state index contributed by atoms with van der Waals surface area (Å²) in [7, 11) is -2.15. The van der Waals surface area contributed by atoms with E-state index in [1.54, 1.807) is 12.1 Å². The van der Waals surface area contributed by atoms with Gasteiger partial charge < -0.3 is 4.57 Å². The second-order valence-corrected chi connectivity index (χ2v) is 8.10. The van der Waals surface area contributed by atoms with Crippen LogP contribution in [0.1, 0.15) is 26.4 Å². The molecule has 0 saturated carbocycles. The van der Waals surface area contributed by atoms with E-state index in [-0.39, 0.29) is 10.5 Å². The summed E-state index contributed by atoms with van der Waals surface area (Å²) < 4.78 is 27.9. The summed E-state index contributed by atoms with van der Waals surface area (Å²) in [5.41, 5.74) is 2.17. The summed E-state index contributed by atoms with van der Waals surface area (Å²) in [6, 6.07) is 13.4. The third kappa shape index (κ3) is 2.13. The smallest absolute Gasteiger partial charge is 0.269 e. The van der Waals surface area contributed by atoms with E-state index in [4.69, 9.17) is 0 Å². The lowest BCUT2D eigenvalue weighted by atomic mass is 10.1. The molecule has 0 spiro atoms. The molecule has 0 saturated heterocycles. The number of carbonyl (C=O) groups excluding carboxylic acids is 2. The zero-order chi connectivity index (χ0) is 18.6. The lowest BCUT2D eigenvalue weighted by Gasteiger charge is -2.14. The Morgan fingerprint density at radius 3 is 2.42 bits per heavy atom. The highest BCUT2D eigenvalue weighted by Gasteiger charge is 2.42. The Morgan fingerprint density at radius 1 is 1.04 bits per heavy atom. The molecule has 132 valence electrons. The van der Waals surface area contributed by atoms with Gasteiger partial charge in [0.2, 0.25) is 0 Å². The number of aryl methyl sites for hydroxylation is 1. The van der Waals surface area contributed by atoms with Crippen molar-refractivity contribution in [2.45, 2.75) is 11.8 Å². The second kappa shape index (κ2) is 5.54. The van der Waals surface area contributed by atoms with Crippen molar-refractivity contribution >= 4 is 32.6 Å². The minimum atomic E-state index is -4.00. The monoisotopic (exact) mass is 368 g/mol. The van der Waals surface area contributed by atoms with Crippen LogP contribution in [0.4, 0.5) is 0 Å². The van der Waals surface area contributed by atoms with E-state index in [0.717, 1.165) is 16.6 Å². The standard InChI is InChI=1S/C19H16N2O4S/c1-12-18(13-7-3-5-9-15(13)20(12)2)16(22)11-21-19(23)14-8-4-6-10-17(14)26(21,24)25/h3-10H,11H2,1-2H3. The molecule has 0 bridgehead atoms. The van der Waals surface area contributed by atoms with Gasteiger partial charge >= 0.3 is 0 Å². The van der Waals surface area contributed by atoms with Crippen LogP contribution in [-0.2, 0) is 17.1 Å². The molecule has 1 aromatic heterocycles. The van der Waals surface area contributed by atoms with Crippen molar-refractivity contribution < 1.29 is 18.0 Å². The molecule has 0 N–H and O–H groups in total. The number of Topliss-reactive ketones (excluding diaryl/α,β-unsaturated/α-hetero) is 1. The Bertz CT molecular complexity index is 1190. The number of rotatable bonds is 3. The first-order chi connectivity index (χ1) is 12.3. The molecule has 4 rings (SSSR count). The predicted molar refractivity (Wildman–Crippen MR) is 96.7 cm³/mol. The molecule has 3 aromatic rings. The average molecular weight is 368 g/mol. The molecule has 2 aromatic carbocycles. The van der Waals surface area contributed by atoms with Crippen LogP contribution < -0.4 is 0 Å². The van der Waals surface area contributed by atoms with Gasteiger partial charge in [-0.1, -0.05) is 30.3 Å². The van der Waals surface area contributed by atoms with Crippen molar-refractivity contribution in [1.82, 2.24) is 8.87 Å². The normalized spacial score (nSPS) is 15.5. The number of benzene rings is 2. The third-order valence-corrected chi connectivity index (χ3v) is 6.66. The molecule has 0 radical (unpaired) electrons. The van der Waals surface area contributed by atoms with Crippen molar-refractivity contribution in [3.8, 4) is 0 Å². The average Bonchev–Trinajstić information content (AvgIpc) is 2.99. The molecule has 1 aliphatic rings. The number of amides is 1. The second-order valence-electron chi connectivity index (χ2n) is 6.27. The van der Waals surface area contributed by atoms with Crippen molar-refractivity contribution in [1.29, 1.82) is 0 Å². The summed E-state index contributed by atoms with van der Waals surface area (Å²) >= 11 is 0. The number of para-hydroxylation sites is 1. The first-order valence-corrected chi connectivity index (χ1v) is 9.51. The number of sulfonamides is 1. The Labute approximate surface area is 150 Å². The zero-order valence-electron chi connectivity index (χ0n) is 14.3. The Balaban J connectivity index is 1.77. The molecule has 0 aliphatic carbocycles. The molecule has 1 amide bonds. The summed E-state index contributed by atoms with van der Waals surface area (Å²) in [5, 5.41) is 0.749. The van der Waals surface area contributed by atoms with Crippen LogP contribution in [0, 0.1) is 6.92 Å². The number of ketones is 1. The fourth-order valence-corrected chi connectivity index (χ4v) is 4.99. The third-order valence-electron chi connectivity index (χ3n) is 4.88. The van der Waals surface area contributed by atoms with Gasteiger partial charge in [-0.05, 0) is 25.1 Å². The van der Waals surface area contributed by atoms with Gasteiger partial charge in [-0.15, -0.1) is 0 Å². The van der Waals surface area contributed by atoms with E-state index in [2.05, 4.69) is 0 Å². The van der Waals surface area contributed by atoms with Crippen molar-refractivity contribution in [3.05, 3.63) is 65.4 Å². The fraction of sp³-hybridized carbons (Fsp3) is 0.158. The lowest BCUT2D eigenvalue weighted by Crippen LogP contribution is -2.35. The molecule has 2 heterocycles. The van der Waals surface area contributed by atoms with Gasteiger partial charge in [0.1, 0.15) is 11.4 Å². The van der Waals surface area contributed by atoms with Crippen molar-refractivity contribution in [2.75, 3.05) is 6.54 Å². The van der Waals surface area contributed by atoms with Gasteiger partial charge in [0.25, 0.3) is 15.9 Å². The van der Waals surface area contributed by atoms with Crippen LogP contribution in [0.25, 0.3) is 10.9 Å². The minimum Gasteiger partial charge on any atom is -0.347 e. The first-order valence-electron chi connectivity index (χ1n) is 8.07. The molecule has 26 heavy (non-hydrogen) atoms. The van der Waals surface area contributed by atoms with Gasteiger partial charge in [-0.25, -0.2) is 12.7 Å². The van der Waals surface area contributed by atoms with Crippen LogP contribution in [0.5, 0.6) is 0 Å². The summed E-state index contributed by atoms with van der Waals surface area (Å²) in [4.78, 5) is 25.4. The summed E-state index contributed by atoms with van der Waals surface area (Å²) in [6.07, 6.45) is 0. The van der Waals surface area contributed by atoms with E-state index >= 15 is 0 Å². The minimum absolute atomic E-state index is 0.0487. The molecule has 0 unspecified atom stereocenters. The number of aromatic nitrogens is 1. The SMILES string of the molecule is Cc1c(C(=O)CN2C(=O)c3ccccc3S2(=O)=O)c2ccccc2n1C. The number of fused-ring (bicyclic) bond motifs is 2. The van der Waals surface area contributed by atoms with E-state index < -0.39 is 28.3 Å². The van der Waals surface area contributed by atoms with Crippen molar-refractivity contribution in [3.63, 3.8) is 0 Å². The van der Waals surface area contributed by atoms with Gasteiger partial charge in [0, 0.05) is 29.2 Å². The molecule has 7 heteroatoms. The topological polar surface area (TPSA) is 76.5 Å². The van der Waals surface area contributed by atoms with Gasteiger partial charge in [-0.3, -0.25) is 9.59 Å². The fourth-order valence-electron chi connectivity index (χ4n) is 3.47. The van der Waals surface area contributed by atoms with Gasteiger partial charge in [0.05, 0.1) is 5.56 Å². The maximum atomic E-state index is 13.0. The van der Waals surface area contributed by atoms with Crippen molar-refractivity contribution in [2.24, 2.45) is 7.05 Å². The number of carbonyl (C=O) groups is 2. The largest absolute Gasteiger partial charge is 0.347 e. The Kier molecular flexibility index (Phi) is 3.52. The van der Waals surface area contributed by atoms with Crippen LogP contribution in [0.3, 0.4) is 0 Å². The molecular weight excluding hydrogens is 352 g/mol. The highest BCUT2D eigenvalue weighted by atomic mass is 32.2. The number of hydrogen-bond acceptors (Lipinski definition) is 4. The van der Waals surface area contributed by atoms with Gasteiger partial charge in [0.15, 0.2) is 5.78 Å². The summed E-state index contributed by atoms with van der Waals surface area (Å²) in [6.45, 7) is 1.30. The molecule has 0 atom stereocenters. The number of hydrogen-bond donors (Lipinski definition) is 0. The quantitative estimate of drug-likeness (QED) is 0.666. The zero-order valence-corrected chi connectivity index (χ0v) is 15.1. The van der Waals surface area contributed by atoms with Crippen LogP contribution in [-0.4, -0.2) is 35.5 Å². The maximum Gasteiger partial charge on any atom is 0.269 e. The van der Waals surface area contributed by atoms with E-state index in [1.165, 1.54) is 12.1 Å². The highest BCUT2D eigenvalue weighted by Crippen LogP contribution is 2.31. The first kappa shape index (κ1) is 16.5. The molecule has 6 nitrogen and oxygen atoms in total. The van der Waals surface area contributed by atoms with E-state index in [0.29, 0.717) is 9.87 Å². The molecular formula is C19H16N2O4S. The van der Waals surface area contributed by atoms with Crippen LogP contribution in [0.2, 0.25) is 0 Å². The van der Waals surface area contributed by atoms with Crippen LogP contribution >= 0.6 is 0 Å². The molecule has 0 fully saturated rings.